The van der Waals surface area contributed by atoms with Gasteiger partial charge < -0.3 is 5.11 Å². The van der Waals surface area contributed by atoms with Crippen LogP contribution in [0.2, 0.25) is 0 Å². The largest absolute Gasteiger partial charge is 1.00 e. The Morgan fingerprint density at radius 3 is 1.67 bits per heavy atom. The second-order valence-electron chi connectivity index (χ2n) is 4.12. The molecular formula is C13H25NaO. The van der Waals surface area contributed by atoms with Gasteiger partial charge in [0.15, 0.2) is 0 Å². The minimum absolute atomic E-state index is 0. The third-order valence-electron chi connectivity index (χ3n) is 2.56. The summed E-state index contributed by atoms with van der Waals surface area (Å²) >= 11 is 0. The van der Waals surface area contributed by atoms with Crippen LogP contribution in [0.25, 0.3) is 0 Å². The van der Waals surface area contributed by atoms with Crippen LogP contribution in [0.5, 0.6) is 0 Å². The van der Waals surface area contributed by atoms with Gasteiger partial charge in [-0.05, 0) is 6.42 Å². The van der Waals surface area contributed by atoms with Crippen LogP contribution in [-0.2, 0) is 0 Å². The summed E-state index contributed by atoms with van der Waals surface area (Å²) < 4.78 is 0. The molecule has 15 heavy (non-hydrogen) atoms. The first-order valence-corrected chi connectivity index (χ1v) is 6.12. The Morgan fingerprint density at radius 1 is 0.867 bits per heavy atom. The smallest absolute Gasteiger partial charge is 0.876 e. The van der Waals surface area contributed by atoms with Gasteiger partial charge in [-0.25, -0.2) is 0 Å². The second kappa shape index (κ2) is 14.5. The predicted octanol–water partition coefficient (Wildman–Crippen LogP) is 0.785. The van der Waals surface area contributed by atoms with E-state index in [0.29, 0.717) is 6.42 Å². The van der Waals surface area contributed by atoms with Crippen molar-refractivity contribution in [1.29, 1.82) is 0 Å². The average Bonchev–Trinajstić information content (AvgIpc) is 2.15. The van der Waals surface area contributed by atoms with Gasteiger partial charge in [0.1, 0.15) is 0 Å². The fraction of sp³-hybridized carbons (Fsp3) is 0.846. The first kappa shape index (κ1) is 17.9. The number of hydrogen-bond acceptors (Lipinski definition) is 1. The zero-order valence-electron chi connectivity index (χ0n) is 10.7. The van der Waals surface area contributed by atoms with Crippen molar-refractivity contribution in [3.63, 3.8) is 0 Å². The Kier molecular flexibility index (Phi) is 17.4. The van der Waals surface area contributed by atoms with Gasteiger partial charge in [-0.3, -0.25) is 0 Å². The van der Waals surface area contributed by atoms with Gasteiger partial charge >= 0.3 is 29.6 Å². The second-order valence-corrected chi connectivity index (χ2v) is 4.12. The van der Waals surface area contributed by atoms with Crippen molar-refractivity contribution >= 4 is 0 Å². The summed E-state index contributed by atoms with van der Waals surface area (Å²) in [4.78, 5) is 0. The predicted molar refractivity (Wildman–Crippen MR) is 61.0 cm³/mol. The Morgan fingerprint density at radius 2 is 1.27 bits per heavy atom. The van der Waals surface area contributed by atoms with E-state index in [1.165, 1.54) is 51.4 Å². The Bertz CT molecular complexity index is 134. The van der Waals surface area contributed by atoms with Gasteiger partial charge in [0.25, 0.3) is 0 Å². The van der Waals surface area contributed by atoms with Crippen molar-refractivity contribution in [3.05, 3.63) is 12.3 Å². The van der Waals surface area contributed by atoms with Crippen LogP contribution in [-0.4, -0.2) is 0 Å². The summed E-state index contributed by atoms with van der Waals surface area (Å²) in [6.45, 7) is 5.61. The summed E-state index contributed by atoms with van der Waals surface area (Å²) in [5.41, 5.74) is 0. The van der Waals surface area contributed by atoms with Crippen LogP contribution < -0.4 is 34.7 Å². The fourth-order valence-electron chi connectivity index (χ4n) is 1.63. The first-order valence-electron chi connectivity index (χ1n) is 6.12. The van der Waals surface area contributed by atoms with E-state index >= 15 is 0 Å². The van der Waals surface area contributed by atoms with Gasteiger partial charge in [0.2, 0.25) is 0 Å². The molecular weight excluding hydrogens is 195 g/mol. The number of rotatable bonds is 10. The van der Waals surface area contributed by atoms with Crippen molar-refractivity contribution < 1.29 is 34.7 Å². The van der Waals surface area contributed by atoms with Crippen molar-refractivity contribution in [2.75, 3.05) is 0 Å². The van der Waals surface area contributed by atoms with Crippen molar-refractivity contribution in [2.45, 2.75) is 71.1 Å². The number of unbranched alkanes of at least 4 members (excludes halogenated alkanes) is 8. The minimum Gasteiger partial charge on any atom is -0.876 e. The quantitative estimate of drug-likeness (QED) is 0.303. The normalized spacial score (nSPS) is 9.67. The molecule has 0 spiro atoms. The van der Waals surface area contributed by atoms with E-state index in [4.69, 9.17) is 0 Å². The standard InChI is InChI=1S/C13H26O.Na/c1-3-4-5-6-7-8-9-10-11-12-13(2)14;/h14H,2-12H2,1H3;/q;+1/p-1. The Labute approximate surface area is 118 Å². The molecule has 0 saturated carbocycles. The molecule has 0 radical (unpaired) electrons. The minimum atomic E-state index is 0. The van der Waals surface area contributed by atoms with Crippen LogP contribution in [0.1, 0.15) is 71.1 Å². The van der Waals surface area contributed by atoms with E-state index in [2.05, 4.69) is 13.5 Å². The van der Waals surface area contributed by atoms with E-state index in [1.807, 2.05) is 0 Å². The summed E-state index contributed by atoms with van der Waals surface area (Å²) in [5.74, 6) is 0.0907. The molecule has 0 heterocycles. The van der Waals surface area contributed by atoms with Gasteiger partial charge in [0, 0.05) is 0 Å². The SMILES string of the molecule is C=C([O-])CCCCCCCCCCC.[Na+]. The van der Waals surface area contributed by atoms with E-state index in [-0.39, 0.29) is 35.3 Å². The maximum atomic E-state index is 10.5. The molecule has 0 aromatic carbocycles. The molecule has 0 fully saturated rings. The monoisotopic (exact) mass is 220 g/mol. The molecule has 0 N–H and O–H groups in total. The van der Waals surface area contributed by atoms with E-state index in [1.54, 1.807) is 0 Å². The summed E-state index contributed by atoms with van der Waals surface area (Å²) in [6, 6.07) is 0. The molecule has 2 heteroatoms. The number of allylic oxidation sites excluding steroid dienone is 1. The van der Waals surface area contributed by atoms with Crippen molar-refractivity contribution in [2.24, 2.45) is 0 Å². The van der Waals surface area contributed by atoms with Crippen molar-refractivity contribution in [3.8, 4) is 0 Å². The molecule has 0 amide bonds. The zero-order chi connectivity index (χ0) is 10.6. The van der Waals surface area contributed by atoms with Crippen LogP contribution in [0, 0.1) is 0 Å². The molecule has 0 rings (SSSR count). The topological polar surface area (TPSA) is 23.1 Å². The van der Waals surface area contributed by atoms with Crippen LogP contribution in [0.4, 0.5) is 0 Å². The molecule has 0 aliphatic heterocycles. The van der Waals surface area contributed by atoms with E-state index in [9.17, 15) is 5.11 Å². The van der Waals surface area contributed by atoms with Crippen LogP contribution in [0.15, 0.2) is 12.3 Å². The van der Waals surface area contributed by atoms with Gasteiger partial charge in [0.05, 0.1) is 0 Å². The molecule has 0 aromatic rings. The Balaban J connectivity index is 0. The maximum Gasteiger partial charge on any atom is 1.00 e. The molecule has 1 nitrogen and oxygen atoms in total. The van der Waals surface area contributed by atoms with Crippen molar-refractivity contribution in [1.82, 2.24) is 0 Å². The fourth-order valence-corrected chi connectivity index (χ4v) is 1.63. The van der Waals surface area contributed by atoms with E-state index in [0.717, 1.165) is 6.42 Å². The molecule has 0 aliphatic rings. The summed E-state index contributed by atoms with van der Waals surface area (Å²) in [5, 5.41) is 10.5. The molecule has 0 unspecified atom stereocenters. The van der Waals surface area contributed by atoms with Gasteiger partial charge in [-0.15, -0.1) is 12.3 Å². The first-order chi connectivity index (χ1) is 6.77. The maximum absolute atomic E-state index is 10.5. The molecule has 0 aliphatic carbocycles. The van der Waals surface area contributed by atoms with Gasteiger partial charge in [-0.1, -0.05) is 64.7 Å². The average molecular weight is 220 g/mol. The summed E-state index contributed by atoms with van der Waals surface area (Å²) in [6.07, 6.45) is 12.4. The number of hydrogen-bond donors (Lipinski definition) is 0. The van der Waals surface area contributed by atoms with Crippen LogP contribution >= 0.6 is 0 Å². The molecule has 0 atom stereocenters. The third kappa shape index (κ3) is 17.2. The molecule has 84 valence electrons. The van der Waals surface area contributed by atoms with Gasteiger partial charge in [-0.2, -0.15) is 0 Å². The molecule has 0 aromatic heterocycles. The molecule has 0 bridgehead atoms. The summed E-state index contributed by atoms with van der Waals surface area (Å²) in [7, 11) is 0. The molecule has 0 saturated heterocycles. The van der Waals surface area contributed by atoms with Crippen LogP contribution in [0.3, 0.4) is 0 Å². The van der Waals surface area contributed by atoms with E-state index < -0.39 is 0 Å². The Hall–Kier alpha value is 0.540. The zero-order valence-corrected chi connectivity index (χ0v) is 12.7. The third-order valence-corrected chi connectivity index (χ3v) is 2.56.